The number of aliphatic hydroxyl groups is 1. The van der Waals surface area contributed by atoms with Crippen LogP contribution in [0.4, 0.5) is 0 Å². The summed E-state index contributed by atoms with van der Waals surface area (Å²) in [5, 5.41) is 13.7. The maximum Gasteiger partial charge on any atom is 0.230 e. The van der Waals surface area contributed by atoms with Gasteiger partial charge >= 0.3 is 0 Å². The number of carbonyl (C=O) groups is 1. The van der Waals surface area contributed by atoms with Gasteiger partial charge in [-0.2, -0.15) is 0 Å². The Morgan fingerprint density at radius 2 is 2.03 bits per heavy atom. The normalized spacial score (nSPS) is 21.7. The average molecular weight is 433 g/mol. The van der Waals surface area contributed by atoms with Crippen LogP contribution in [0.5, 0.6) is 0 Å². The minimum absolute atomic E-state index is 0.00490. The molecular weight excluding hydrogens is 388 g/mol. The lowest BCUT2D eigenvalue weighted by molar-refractivity contribution is -0.138. The maximum atomic E-state index is 13.5. The van der Waals surface area contributed by atoms with E-state index >= 15 is 0 Å². The first-order valence-electron chi connectivity index (χ1n) is 11.8. The SMILES string of the molecule is C=C(CN(C(=O)[C@@H]1C=CCCC1)[C@@H](CO)CC(C)(C)C)NC(/C=N\C)N(C)C1CCC1. The first kappa shape index (κ1) is 25.6. The van der Waals surface area contributed by atoms with Crippen molar-refractivity contribution in [2.75, 3.05) is 27.2 Å². The topological polar surface area (TPSA) is 68.2 Å². The van der Waals surface area contributed by atoms with Crippen molar-refractivity contribution in [1.82, 2.24) is 15.1 Å². The molecule has 0 aromatic carbocycles. The van der Waals surface area contributed by atoms with Crippen LogP contribution >= 0.6 is 0 Å². The van der Waals surface area contributed by atoms with E-state index in [1.54, 1.807) is 7.05 Å². The fourth-order valence-electron chi connectivity index (χ4n) is 4.47. The summed E-state index contributed by atoms with van der Waals surface area (Å²) < 4.78 is 0. The molecule has 0 saturated heterocycles. The summed E-state index contributed by atoms with van der Waals surface area (Å²) in [5.41, 5.74) is 0.780. The monoisotopic (exact) mass is 432 g/mol. The summed E-state index contributed by atoms with van der Waals surface area (Å²) in [6, 6.07) is 0.323. The summed E-state index contributed by atoms with van der Waals surface area (Å²) in [5.74, 6) is -0.0172. The van der Waals surface area contributed by atoms with Gasteiger partial charge in [0, 0.05) is 25.0 Å². The lowest BCUT2D eigenvalue weighted by Gasteiger charge is -2.41. The molecule has 0 heterocycles. The number of aliphatic imine (C=N–C) groups is 1. The van der Waals surface area contributed by atoms with Crippen molar-refractivity contribution in [3.05, 3.63) is 24.4 Å². The van der Waals surface area contributed by atoms with Crippen molar-refractivity contribution < 1.29 is 9.90 Å². The fourth-order valence-corrected chi connectivity index (χ4v) is 4.47. The van der Waals surface area contributed by atoms with E-state index in [0.717, 1.165) is 31.4 Å². The minimum atomic E-state index is -0.232. The lowest BCUT2D eigenvalue weighted by Crippen LogP contribution is -2.53. The summed E-state index contributed by atoms with van der Waals surface area (Å²) in [6.07, 6.45) is 13.4. The van der Waals surface area contributed by atoms with Crippen molar-refractivity contribution in [1.29, 1.82) is 0 Å². The second-order valence-electron chi connectivity index (χ2n) is 10.4. The van der Waals surface area contributed by atoms with Gasteiger partial charge < -0.3 is 15.3 Å². The molecule has 0 radical (unpaired) electrons. The number of aliphatic hydroxyl groups excluding tert-OH is 1. The van der Waals surface area contributed by atoms with Crippen LogP contribution in [0.25, 0.3) is 0 Å². The number of carbonyl (C=O) groups excluding carboxylic acids is 1. The molecule has 0 aliphatic heterocycles. The summed E-state index contributed by atoms with van der Waals surface area (Å²) in [7, 11) is 3.89. The summed E-state index contributed by atoms with van der Waals surface area (Å²) in [4.78, 5) is 21.9. The van der Waals surface area contributed by atoms with E-state index in [1.165, 1.54) is 19.3 Å². The van der Waals surface area contributed by atoms with Gasteiger partial charge in [-0.3, -0.25) is 14.7 Å². The quantitative estimate of drug-likeness (QED) is 0.297. The maximum absolute atomic E-state index is 13.5. The first-order valence-corrected chi connectivity index (χ1v) is 11.8. The Hall–Kier alpha value is -1.66. The van der Waals surface area contributed by atoms with Crippen molar-refractivity contribution in [2.24, 2.45) is 16.3 Å². The Bertz CT molecular complexity index is 648. The lowest BCUT2D eigenvalue weighted by atomic mass is 9.86. The van der Waals surface area contributed by atoms with Crippen LogP contribution in [0.2, 0.25) is 0 Å². The molecular formula is C25H44N4O2. The molecule has 1 fully saturated rings. The van der Waals surface area contributed by atoms with Crippen molar-refractivity contribution in [3.8, 4) is 0 Å². The Balaban J connectivity index is 2.15. The van der Waals surface area contributed by atoms with E-state index in [-0.39, 0.29) is 36.1 Å². The highest BCUT2D eigenvalue weighted by atomic mass is 16.3. The predicted octanol–water partition coefficient (Wildman–Crippen LogP) is 3.58. The fraction of sp³-hybridized carbons (Fsp3) is 0.760. The van der Waals surface area contributed by atoms with Gasteiger partial charge in [-0.05, 0) is 51.0 Å². The molecule has 2 aliphatic rings. The molecule has 2 N–H and O–H groups in total. The molecule has 0 spiro atoms. The van der Waals surface area contributed by atoms with Crippen LogP contribution in [0, 0.1) is 11.3 Å². The Morgan fingerprint density at radius 3 is 2.52 bits per heavy atom. The number of allylic oxidation sites excluding steroid dienone is 1. The zero-order valence-corrected chi connectivity index (χ0v) is 20.3. The second kappa shape index (κ2) is 11.8. The van der Waals surface area contributed by atoms with Gasteiger partial charge in [0.1, 0.15) is 6.17 Å². The van der Waals surface area contributed by atoms with Gasteiger partial charge in [0.05, 0.1) is 25.1 Å². The van der Waals surface area contributed by atoms with Crippen molar-refractivity contribution >= 4 is 12.1 Å². The molecule has 0 bridgehead atoms. The van der Waals surface area contributed by atoms with E-state index in [2.05, 4.69) is 55.7 Å². The number of nitrogens with zero attached hydrogens (tertiary/aromatic N) is 3. The second-order valence-corrected chi connectivity index (χ2v) is 10.4. The highest BCUT2D eigenvalue weighted by molar-refractivity contribution is 5.81. The molecule has 1 saturated carbocycles. The van der Waals surface area contributed by atoms with Crippen LogP contribution in [-0.4, -0.2) is 72.5 Å². The van der Waals surface area contributed by atoms with Crippen molar-refractivity contribution in [3.63, 3.8) is 0 Å². The number of hydrogen-bond acceptors (Lipinski definition) is 5. The molecule has 1 unspecified atom stereocenters. The molecule has 0 aromatic heterocycles. The molecule has 1 amide bonds. The predicted molar refractivity (Wildman–Crippen MR) is 129 cm³/mol. The zero-order valence-electron chi connectivity index (χ0n) is 20.3. The van der Waals surface area contributed by atoms with Gasteiger partial charge in [0.25, 0.3) is 0 Å². The molecule has 0 aromatic rings. The summed E-state index contributed by atoms with van der Waals surface area (Å²) >= 11 is 0. The Morgan fingerprint density at radius 1 is 1.32 bits per heavy atom. The van der Waals surface area contributed by atoms with Gasteiger partial charge in [-0.25, -0.2) is 0 Å². The molecule has 31 heavy (non-hydrogen) atoms. The zero-order chi connectivity index (χ0) is 23.0. The standard InChI is InChI=1S/C25H44N4O2/c1-19(27-23(16-26-5)28(6)21-13-10-14-21)17-29(22(18-30)15-25(2,3)4)24(31)20-11-8-7-9-12-20/h8,11,16,20-23,27,30H,1,7,9-10,12-15,17-18H2,2-6H3/b26-16-/t20-,22-,23?/m1/s1. The molecule has 6 heteroatoms. The molecule has 2 rings (SSSR count). The highest BCUT2D eigenvalue weighted by Gasteiger charge is 2.32. The average Bonchev–Trinajstić information content (AvgIpc) is 2.68. The molecule has 2 aliphatic carbocycles. The number of nitrogens with one attached hydrogen (secondary N) is 1. The summed E-state index contributed by atoms with van der Waals surface area (Å²) in [6.45, 7) is 11.0. The van der Waals surface area contributed by atoms with E-state index in [4.69, 9.17) is 0 Å². The van der Waals surface area contributed by atoms with E-state index in [9.17, 15) is 9.90 Å². The minimum Gasteiger partial charge on any atom is -0.394 e. The van der Waals surface area contributed by atoms with Gasteiger partial charge in [0.2, 0.25) is 5.91 Å². The third-order valence-electron chi connectivity index (χ3n) is 6.45. The van der Waals surface area contributed by atoms with E-state index in [1.807, 2.05) is 17.2 Å². The van der Waals surface area contributed by atoms with Crippen LogP contribution < -0.4 is 5.32 Å². The first-order chi connectivity index (χ1) is 14.7. The van der Waals surface area contributed by atoms with Crippen molar-refractivity contribution in [2.45, 2.75) is 84.0 Å². The molecule has 3 atom stereocenters. The third kappa shape index (κ3) is 7.76. The van der Waals surface area contributed by atoms with Crippen LogP contribution in [0.3, 0.4) is 0 Å². The van der Waals surface area contributed by atoms with E-state index in [0.29, 0.717) is 12.6 Å². The van der Waals surface area contributed by atoms with Gasteiger partial charge in [-0.1, -0.05) is 45.9 Å². The Kier molecular flexibility index (Phi) is 9.76. The Labute approximate surface area is 189 Å². The smallest absolute Gasteiger partial charge is 0.230 e. The van der Waals surface area contributed by atoms with Gasteiger partial charge in [0.15, 0.2) is 0 Å². The molecule has 176 valence electrons. The van der Waals surface area contributed by atoms with Crippen LogP contribution in [0.1, 0.15) is 65.7 Å². The highest BCUT2D eigenvalue weighted by Crippen LogP contribution is 2.28. The van der Waals surface area contributed by atoms with Crippen LogP contribution in [-0.2, 0) is 4.79 Å². The number of rotatable bonds is 11. The number of amides is 1. The van der Waals surface area contributed by atoms with E-state index < -0.39 is 0 Å². The molecule has 6 nitrogen and oxygen atoms in total. The van der Waals surface area contributed by atoms with Crippen LogP contribution in [0.15, 0.2) is 29.4 Å². The van der Waals surface area contributed by atoms with Gasteiger partial charge in [-0.15, -0.1) is 0 Å². The largest absolute Gasteiger partial charge is 0.394 e. The third-order valence-corrected chi connectivity index (χ3v) is 6.45. The number of hydrogen-bond donors (Lipinski definition) is 2.